The maximum Gasteiger partial charge on any atom is 0.254 e. The zero-order valence-corrected chi connectivity index (χ0v) is 15.4. The van der Waals surface area contributed by atoms with Gasteiger partial charge >= 0.3 is 0 Å². The van der Waals surface area contributed by atoms with E-state index in [1.165, 1.54) is 24.6 Å². The third-order valence-electron chi connectivity index (χ3n) is 3.67. The monoisotopic (exact) mass is 347 g/mol. The van der Waals surface area contributed by atoms with Crippen LogP contribution < -0.4 is 5.32 Å². The minimum Gasteiger partial charge on any atom is -0.361 e. The van der Waals surface area contributed by atoms with Crippen molar-refractivity contribution in [3.05, 3.63) is 41.4 Å². The van der Waals surface area contributed by atoms with E-state index in [-0.39, 0.29) is 11.9 Å². The van der Waals surface area contributed by atoms with Crippen LogP contribution in [0.3, 0.4) is 0 Å². The van der Waals surface area contributed by atoms with Gasteiger partial charge in [-0.2, -0.15) is 0 Å². The Morgan fingerprint density at radius 3 is 2.96 bits per heavy atom. The van der Waals surface area contributed by atoms with Crippen LogP contribution in [0.1, 0.15) is 61.3 Å². The standard InChI is InChI=1S/C18H25N3O2S/c1-4-5-6-8-13(2)20-17(22)16-9-7-10-19-18(16)24-12-15-11-14(3)23-21-15/h7,9-11,13H,4-6,8,12H2,1-3H3,(H,20,22)/t13-/m0/s1. The summed E-state index contributed by atoms with van der Waals surface area (Å²) in [5, 5.41) is 7.76. The minimum atomic E-state index is -0.0640. The first kappa shape index (κ1) is 18.5. The Morgan fingerprint density at radius 2 is 2.25 bits per heavy atom. The molecule has 1 N–H and O–H groups in total. The Kier molecular flexibility index (Phi) is 7.31. The van der Waals surface area contributed by atoms with Crippen molar-refractivity contribution < 1.29 is 9.32 Å². The third-order valence-corrected chi connectivity index (χ3v) is 4.71. The average Bonchev–Trinajstić information content (AvgIpc) is 2.99. The lowest BCUT2D eigenvalue weighted by Crippen LogP contribution is -2.32. The topological polar surface area (TPSA) is 68.0 Å². The second kappa shape index (κ2) is 9.47. The summed E-state index contributed by atoms with van der Waals surface area (Å²) in [5.74, 6) is 1.34. The van der Waals surface area contributed by atoms with Gasteiger partial charge in [0.2, 0.25) is 0 Å². The molecule has 0 fully saturated rings. The number of hydrogen-bond donors (Lipinski definition) is 1. The molecule has 0 bridgehead atoms. The normalized spacial score (nSPS) is 12.1. The Labute approximate surface area is 147 Å². The maximum atomic E-state index is 12.5. The third kappa shape index (κ3) is 5.67. The number of nitrogens with one attached hydrogen (secondary N) is 1. The summed E-state index contributed by atoms with van der Waals surface area (Å²) in [7, 11) is 0. The number of carbonyl (C=O) groups excluding carboxylic acids is 1. The fraction of sp³-hybridized carbons (Fsp3) is 0.500. The van der Waals surface area contributed by atoms with Crippen molar-refractivity contribution in [2.45, 2.75) is 63.3 Å². The zero-order chi connectivity index (χ0) is 17.4. The van der Waals surface area contributed by atoms with Crippen LogP contribution >= 0.6 is 11.8 Å². The highest BCUT2D eigenvalue weighted by Crippen LogP contribution is 2.24. The number of hydrogen-bond acceptors (Lipinski definition) is 5. The number of amides is 1. The summed E-state index contributed by atoms with van der Waals surface area (Å²) in [5.41, 5.74) is 1.47. The van der Waals surface area contributed by atoms with Gasteiger partial charge in [0.05, 0.1) is 11.3 Å². The first-order chi connectivity index (χ1) is 11.6. The first-order valence-electron chi connectivity index (χ1n) is 8.41. The van der Waals surface area contributed by atoms with Crippen molar-refractivity contribution in [1.29, 1.82) is 0 Å². The van der Waals surface area contributed by atoms with E-state index in [4.69, 9.17) is 4.52 Å². The van der Waals surface area contributed by atoms with Gasteiger partial charge in [-0.05, 0) is 32.4 Å². The van der Waals surface area contributed by atoms with Gasteiger partial charge in [0.1, 0.15) is 10.8 Å². The molecule has 5 nitrogen and oxygen atoms in total. The molecule has 1 atom stereocenters. The molecule has 0 aliphatic rings. The maximum absolute atomic E-state index is 12.5. The Hall–Kier alpha value is -1.82. The summed E-state index contributed by atoms with van der Waals surface area (Å²) >= 11 is 1.50. The van der Waals surface area contributed by atoms with Crippen LogP contribution in [0.4, 0.5) is 0 Å². The highest BCUT2D eigenvalue weighted by molar-refractivity contribution is 7.98. The Morgan fingerprint density at radius 1 is 1.42 bits per heavy atom. The number of rotatable bonds is 9. The van der Waals surface area contributed by atoms with E-state index in [9.17, 15) is 4.79 Å². The Balaban J connectivity index is 1.95. The van der Waals surface area contributed by atoms with Gasteiger partial charge in [0.25, 0.3) is 5.91 Å². The fourth-order valence-corrected chi connectivity index (χ4v) is 3.25. The summed E-state index contributed by atoms with van der Waals surface area (Å²) in [6, 6.07) is 5.67. The number of pyridine rings is 1. The summed E-state index contributed by atoms with van der Waals surface area (Å²) in [4.78, 5) is 16.9. The first-order valence-corrected chi connectivity index (χ1v) is 9.39. The highest BCUT2D eigenvalue weighted by atomic mass is 32.2. The molecule has 2 aromatic rings. The SMILES string of the molecule is CCCCC[C@H](C)NC(=O)c1cccnc1SCc1cc(C)on1. The largest absolute Gasteiger partial charge is 0.361 e. The van der Waals surface area contributed by atoms with Crippen molar-refractivity contribution in [3.8, 4) is 0 Å². The van der Waals surface area contributed by atoms with E-state index in [2.05, 4.69) is 29.3 Å². The highest BCUT2D eigenvalue weighted by Gasteiger charge is 2.15. The second-order valence-electron chi connectivity index (χ2n) is 5.94. The number of nitrogens with zero attached hydrogens (tertiary/aromatic N) is 2. The van der Waals surface area contributed by atoms with Gasteiger partial charge in [-0.25, -0.2) is 4.98 Å². The van der Waals surface area contributed by atoms with Crippen LogP contribution in [-0.4, -0.2) is 22.1 Å². The number of unbranched alkanes of at least 4 members (excludes halogenated alkanes) is 2. The van der Waals surface area contributed by atoms with Gasteiger partial charge in [0.15, 0.2) is 0 Å². The van der Waals surface area contributed by atoms with E-state index in [1.54, 1.807) is 12.3 Å². The van der Waals surface area contributed by atoms with Crippen molar-refractivity contribution >= 4 is 17.7 Å². The van der Waals surface area contributed by atoms with Crippen LogP contribution in [0, 0.1) is 6.92 Å². The second-order valence-corrected chi connectivity index (χ2v) is 6.91. The van der Waals surface area contributed by atoms with E-state index < -0.39 is 0 Å². The summed E-state index contributed by atoms with van der Waals surface area (Å²) < 4.78 is 5.07. The smallest absolute Gasteiger partial charge is 0.254 e. The predicted octanol–water partition coefficient (Wildman–Crippen LogP) is 4.37. The molecule has 2 heterocycles. The Bertz CT molecular complexity index is 657. The quantitative estimate of drug-likeness (QED) is 0.539. The predicted molar refractivity (Wildman–Crippen MR) is 96.1 cm³/mol. The van der Waals surface area contributed by atoms with Crippen LogP contribution in [0.5, 0.6) is 0 Å². The molecule has 0 spiro atoms. The van der Waals surface area contributed by atoms with Crippen molar-refractivity contribution in [2.24, 2.45) is 0 Å². The molecule has 24 heavy (non-hydrogen) atoms. The van der Waals surface area contributed by atoms with Crippen molar-refractivity contribution in [2.75, 3.05) is 0 Å². The van der Waals surface area contributed by atoms with Crippen LogP contribution in [-0.2, 0) is 5.75 Å². The van der Waals surface area contributed by atoms with E-state index in [0.29, 0.717) is 11.3 Å². The summed E-state index contributed by atoms with van der Waals surface area (Å²) in [6.07, 6.45) is 6.23. The van der Waals surface area contributed by atoms with Crippen molar-refractivity contribution in [1.82, 2.24) is 15.5 Å². The van der Waals surface area contributed by atoms with E-state index in [0.717, 1.165) is 29.3 Å². The molecule has 6 heteroatoms. The minimum absolute atomic E-state index is 0.0640. The van der Waals surface area contributed by atoms with Gasteiger partial charge in [-0.1, -0.05) is 43.1 Å². The lowest BCUT2D eigenvalue weighted by molar-refractivity contribution is 0.0934. The molecular formula is C18H25N3O2S. The van der Waals surface area contributed by atoms with Crippen molar-refractivity contribution in [3.63, 3.8) is 0 Å². The molecule has 0 saturated carbocycles. The number of thioether (sulfide) groups is 1. The van der Waals surface area contributed by atoms with Crippen LogP contribution in [0.2, 0.25) is 0 Å². The molecule has 0 saturated heterocycles. The lowest BCUT2D eigenvalue weighted by Gasteiger charge is -2.14. The van der Waals surface area contributed by atoms with E-state index >= 15 is 0 Å². The molecule has 0 aliphatic heterocycles. The molecule has 0 radical (unpaired) electrons. The van der Waals surface area contributed by atoms with Gasteiger partial charge < -0.3 is 9.84 Å². The van der Waals surface area contributed by atoms with Crippen LogP contribution in [0.25, 0.3) is 0 Å². The molecule has 2 rings (SSSR count). The molecule has 0 aliphatic carbocycles. The zero-order valence-electron chi connectivity index (χ0n) is 14.5. The molecule has 1 amide bonds. The molecule has 2 aromatic heterocycles. The summed E-state index contributed by atoms with van der Waals surface area (Å²) in [6.45, 7) is 6.09. The number of aromatic nitrogens is 2. The lowest BCUT2D eigenvalue weighted by atomic mass is 10.1. The number of aryl methyl sites for hydroxylation is 1. The van der Waals surface area contributed by atoms with Crippen LogP contribution in [0.15, 0.2) is 33.9 Å². The molecular weight excluding hydrogens is 322 g/mol. The van der Waals surface area contributed by atoms with Gasteiger partial charge in [-0.15, -0.1) is 0 Å². The average molecular weight is 347 g/mol. The molecule has 0 unspecified atom stereocenters. The molecule has 130 valence electrons. The van der Waals surface area contributed by atoms with E-state index in [1.807, 2.05) is 19.1 Å². The number of carbonyl (C=O) groups is 1. The van der Waals surface area contributed by atoms with Gasteiger partial charge in [-0.3, -0.25) is 4.79 Å². The molecule has 0 aromatic carbocycles. The van der Waals surface area contributed by atoms with Gasteiger partial charge in [0, 0.05) is 24.1 Å². The fourth-order valence-electron chi connectivity index (χ4n) is 2.38.